The first-order chi connectivity index (χ1) is 9.61. The highest BCUT2D eigenvalue weighted by Gasteiger charge is 2.30. The van der Waals surface area contributed by atoms with Gasteiger partial charge in [0.2, 0.25) is 0 Å². The van der Waals surface area contributed by atoms with Crippen molar-refractivity contribution in [1.82, 2.24) is 10.2 Å². The molecule has 3 heteroatoms. The smallest absolute Gasteiger partial charge is 0.0683 e. The van der Waals surface area contributed by atoms with Gasteiger partial charge in [0, 0.05) is 12.6 Å². The number of unbranched alkanes of at least 4 members (excludes halogenated alkanes) is 1. The molecule has 114 valence electrons. The molecule has 0 aromatic carbocycles. The molecular weight excluding hydrogens is 246 g/mol. The first-order valence-electron chi connectivity index (χ1n) is 8.47. The predicted molar refractivity (Wildman–Crippen MR) is 83.4 cm³/mol. The average molecular weight is 277 g/mol. The molecule has 1 aliphatic carbocycles. The Labute approximate surface area is 124 Å². The Morgan fingerprint density at radius 2 is 1.85 bits per heavy atom. The van der Waals surface area contributed by atoms with Gasteiger partial charge in [-0.05, 0) is 77.9 Å². The van der Waals surface area contributed by atoms with E-state index in [1.165, 1.54) is 64.7 Å². The lowest BCUT2D eigenvalue weighted by atomic mass is 9.89. The number of hydrogen-bond acceptors (Lipinski definition) is 3. The van der Waals surface area contributed by atoms with Crippen LogP contribution >= 0.6 is 0 Å². The highest BCUT2D eigenvalue weighted by Crippen LogP contribution is 2.30. The zero-order valence-corrected chi connectivity index (χ0v) is 13.3. The van der Waals surface area contributed by atoms with Crippen LogP contribution in [-0.2, 0) is 0 Å². The number of piperidine rings is 1. The Balaban J connectivity index is 1.66. The summed E-state index contributed by atoms with van der Waals surface area (Å²) >= 11 is 0. The van der Waals surface area contributed by atoms with E-state index in [0.29, 0.717) is 0 Å². The number of nitrogens with one attached hydrogen (secondary N) is 1. The van der Waals surface area contributed by atoms with Crippen molar-refractivity contribution in [3.63, 3.8) is 0 Å². The second kappa shape index (κ2) is 7.43. The van der Waals surface area contributed by atoms with E-state index >= 15 is 0 Å². The summed E-state index contributed by atoms with van der Waals surface area (Å²) in [6.45, 7) is 9.09. The van der Waals surface area contributed by atoms with E-state index in [4.69, 9.17) is 5.26 Å². The lowest BCUT2D eigenvalue weighted by Gasteiger charge is -2.30. The van der Waals surface area contributed by atoms with Crippen LogP contribution in [0.3, 0.4) is 0 Å². The van der Waals surface area contributed by atoms with Gasteiger partial charge < -0.3 is 10.2 Å². The molecule has 1 heterocycles. The molecule has 2 rings (SSSR count). The van der Waals surface area contributed by atoms with Gasteiger partial charge in [-0.1, -0.05) is 6.42 Å². The van der Waals surface area contributed by atoms with Gasteiger partial charge in [-0.15, -0.1) is 0 Å². The van der Waals surface area contributed by atoms with Crippen molar-refractivity contribution < 1.29 is 0 Å². The van der Waals surface area contributed by atoms with Gasteiger partial charge >= 0.3 is 0 Å². The van der Waals surface area contributed by atoms with Crippen LogP contribution in [0, 0.1) is 22.7 Å². The van der Waals surface area contributed by atoms with E-state index in [9.17, 15) is 0 Å². The summed E-state index contributed by atoms with van der Waals surface area (Å²) in [7, 11) is 0. The summed E-state index contributed by atoms with van der Waals surface area (Å²) in [5, 5.41) is 12.5. The Hall–Kier alpha value is -0.590. The summed E-state index contributed by atoms with van der Waals surface area (Å²) in [5.74, 6) is 0.910. The second-order valence-electron chi connectivity index (χ2n) is 7.37. The Morgan fingerprint density at radius 1 is 1.15 bits per heavy atom. The highest BCUT2D eigenvalue weighted by molar-refractivity contribution is 4.91. The standard InChI is InChI=1S/C17H31N3/c1-17(2,14-18)9-3-4-12-20(16-5-6-16)13-15-7-10-19-11-8-15/h15-16,19H,3-13H2,1-2H3. The summed E-state index contributed by atoms with van der Waals surface area (Å²) in [6, 6.07) is 3.29. The normalized spacial score (nSPS) is 21.1. The lowest BCUT2D eigenvalue weighted by Crippen LogP contribution is -2.37. The first-order valence-corrected chi connectivity index (χ1v) is 8.47. The third-order valence-corrected chi connectivity index (χ3v) is 4.81. The minimum Gasteiger partial charge on any atom is -0.317 e. The molecule has 0 aromatic rings. The minimum atomic E-state index is -0.139. The van der Waals surface area contributed by atoms with Crippen molar-refractivity contribution in [2.45, 2.75) is 64.8 Å². The number of hydrogen-bond donors (Lipinski definition) is 1. The lowest BCUT2D eigenvalue weighted by molar-refractivity contribution is 0.192. The van der Waals surface area contributed by atoms with Crippen molar-refractivity contribution in [2.75, 3.05) is 26.2 Å². The zero-order chi connectivity index (χ0) is 14.4. The van der Waals surface area contributed by atoms with Crippen molar-refractivity contribution in [1.29, 1.82) is 5.26 Å². The second-order valence-corrected chi connectivity index (χ2v) is 7.37. The maximum atomic E-state index is 9.05. The van der Waals surface area contributed by atoms with Crippen LogP contribution in [-0.4, -0.2) is 37.1 Å². The van der Waals surface area contributed by atoms with Crippen LogP contribution in [0.25, 0.3) is 0 Å². The van der Waals surface area contributed by atoms with Crippen LogP contribution in [0.1, 0.15) is 58.8 Å². The van der Waals surface area contributed by atoms with Gasteiger partial charge in [-0.3, -0.25) is 0 Å². The average Bonchev–Trinajstić information content (AvgIpc) is 3.28. The van der Waals surface area contributed by atoms with E-state index in [1.807, 2.05) is 0 Å². The van der Waals surface area contributed by atoms with Crippen molar-refractivity contribution in [3.05, 3.63) is 0 Å². The predicted octanol–water partition coefficient (Wildman–Crippen LogP) is 3.17. The van der Waals surface area contributed by atoms with Crippen LogP contribution in [0.4, 0.5) is 0 Å². The molecule has 1 saturated heterocycles. The van der Waals surface area contributed by atoms with Crippen molar-refractivity contribution >= 4 is 0 Å². The quantitative estimate of drug-likeness (QED) is 0.693. The maximum Gasteiger partial charge on any atom is 0.0683 e. The minimum absolute atomic E-state index is 0.139. The molecule has 0 unspecified atom stereocenters. The van der Waals surface area contributed by atoms with Crippen LogP contribution in [0.15, 0.2) is 0 Å². The Kier molecular flexibility index (Phi) is 5.86. The fraction of sp³-hybridized carbons (Fsp3) is 0.941. The largest absolute Gasteiger partial charge is 0.317 e. The van der Waals surface area contributed by atoms with E-state index in [-0.39, 0.29) is 5.41 Å². The summed E-state index contributed by atoms with van der Waals surface area (Å²) in [5.41, 5.74) is -0.139. The van der Waals surface area contributed by atoms with E-state index < -0.39 is 0 Å². The van der Waals surface area contributed by atoms with Crippen molar-refractivity contribution in [3.8, 4) is 6.07 Å². The third kappa shape index (κ3) is 5.42. The van der Waals surface area contributed by atoms with Gasteiger partial charge in [0.05, 0.1) is 11.5 Å². The molecule has 0 bridgehead atoms. The molecule has 0 atom stereocenters. The monoisotopic (exact) mass is 277 g/mol. The Bertz CT molecular complexity index is 322. The molecule has 3 nitrogen and oxygen atoms in total. The summed E-state index contributed by atoms with van der Waals surface area (Å²) < 4.78 is 0. The fourth-order valence-electron chi connectivity index (χ4n) is 3.20. The van der Waals surface area contributed by atoms with Gasteiger partial charge in [0.25, 0.3) is 0 Å². The first kappa shape index (κ1) is 15.8. The summed E-state index contributed by atoms with van der Waals surface area (Å²) in [4.78, 5) is 2.75. The number of rotatable bonds is 8. The molecule has 2 aliphatic rings. The number of nitriles is 1. The van der Waals surface area contributed by atoms with Crippen LogP contribution in [0.2, 0.25) is 0 Å². The zero-order valence-electron chi connectivity index (χ0n) is 13.3. The van der Waals surface area contributed by atoms with E-state index in [1.54, 1.807) is 0 Å². The number of nitrogens with zero attached hydrogens (tertiary/aromatic N) is 2. The molecule has 20 heavy (non-hydrogen) atoms. The maximum absolute atomic E-state index is 9.05. The van der Waals surface area contributed by atoms with Gasteiger partial charge in [0.15, 0.2) is 0 Å². The van der Waals surface area contributed by atoms with Crippen LogP contribution in [0.5, 0.6) is 0 Å². The molecule has 0 spiro atoms. The third-order valence-electron chi connectivity index (χ3n) is 4.81. The van der Waals surface area contributed by atoms with E-state index in [2.05, 4.69) is 30.1 Å². The van der Waals surface area contributed by atoms with Gasteiger partial charge in [-0.2, -0.15) is 5.26 Å². The molecule has 0 amide bonds. The highest BCUT2D eigenvalue weighted by atomic mass is 15.2. The van der Waals surface area contributed by atoms with E-state index in [0.717, 1.165) is 18.4 Å². The topological polar surface area (TPSA) is 39.1 Å². The molecule has 2 fully saturated rings. The SMILES string of the molecule is CC(C)(C#N)CCCCN(CC1CCNCC1)C1CC1. The molecular formula is C17H31N3. The Morgan fingerprint density at radius 3 is 2.45 bits per heavy atom. The van der Waals surface area contributed by atoms with Crippen molar-refractivity contribution in [2.24, 2.45) is 11.3 Å². The molecule has 0 radical (unpaired) electrons. The van der Waals surface area contributed by atoms with Crippen LogP contribution < -0.4 is 5.32 Å². The van der Waals surface area contributed by atoms with Gasteiger partial charge in [-0.25, -0.2) is 0 Å². The summed E-state index contributed by atoms with van der Waals surface area (Å²) in [6.07, 6.45) is 9.01. The molecule has 0 aromatic heterocycles. The molecule has 1 saturated carbocycles. The fourth-order valence-corrected chi connectivity index (χ4v) is 3.20. The molecule has 1 N–H and O–H groups in total. The van der Waals surface area contributed by atoms with Gasteiger partial charge in [0.1, 0.15) is 0 Å². The molecule has 1 aliphatic heterocycles.